The molecule has 0 heterocycles. The number of rotatable bonds is 0. The van der Waals surface area contributed by atoms with Gasteiger partial charge in [0.1, 0.15) is 0 Å². The van der Waals surface area contributed by atoms with E-state index in [1.54, 1.807) is 0 Å². The van der Waals surface area contributed by atoms with Crippen LogP contribution in [0.1, 0.15) is 0 Å². The molecule has 35 valence electrons. The molecule has 0 saturated carbocycles. The van der Waals surface area contributed by atoms with Gasteiger partial charge in [0.05, 0.1) is 0 Å². The quantitative estimate of drug-likeness (QED) is 0.428. The van der Waals surface area contributed by atoms with Gasteiger partial charge in [0.2, 0.25) is 0 Å². The smallest absolute Gasteiger partial charge is 0 e. The first-order valence-corrected chi connectivity index (χ1v) is 0. The van der Waals surface area contributed by atoms with Gasteiger partial charge in [0.15, 0.2) is 0 Å². The second-order valence-corrected chi connectivity index (χ2v) is 0. The molecule has 0 amide bonds. The molecule has 1 radical (unpaired) electrons. The average Bonchev–Trinajstić information content (AvgIpc) is 0. The molecule has 0 aromatic carbocycles. The van der Waals surface area contributed by atoms with Crippen molar-refractivity contribution in [3.8, 4) is 0 Å². The SMILES string of the molecule is S.[AsH3].[AsH3].[Cu]. The van der Waals surface area contributed by atoms with Crippen LogP contribution in [-0.2, 0) is 17.1 Å². The summed E-state index contributed by atoms with van der Waals surface area (Å²) in [5.41, 5.74) is 0. The van der Waals surface area contributed by atoms with E-state index < -0.39 is 0 Å². The Hall–Kier alpha value is 1.99. The molecule has 0 aliphatic heterocycles. The Labute approximate surface area is 66.0 Å². The van der Waals surface area contributed by atoms with Gasteiger partial charge in [-0.15, -0.1) is 0 Å². The third-order valence-electron chi connectivity index (χ3n) is 0. The number of hydrogen-bond donors (Lipinski definition) is 0. The molecule has 2 unspecified atom stereocenters. The Morgan fingerprint density at radius 1 is 0.750 bits per heavy atom. The van der Waals surface area contributed by atoms with Gasteiger partial charge in [-0.25, -0.2) is 0 Å². The van der Waals surface area contributed by atoms with Crippen LogP contribution in [0.5, 0.6) is 0 Å². The zero-order valence-corrected chi connectivity index (χ0v) is 10.1. The molecule has 4 heteroatoms. The molecule has 0 aromatic heterocycles. The first kappa shape index (κ1) is 37.7. The molecule has 0 bridgehead atoms. The van der Waals surface area contributed by atoms with Gasteiger partial charge in [0.25, 0.3) is 0 Å². The minimum Gasteiger partial charge on any atom is 0 e. The van der Waals surface area contributed by atoms with Crippen LogP contribution in [0.25, 0.3) is 0 Å². The average molecular weight is 254 g/mol. The minimum atomic E-state index is 0. The molecule has 0 aromatic rings. The van der Waals surface area contributed by atoms with Gasteiger partial charge >= 0.3 is 35.9 Å². The fourth-order valence-electron chi connectivity index (χ4n) is 0. The van der Waals surface area contributed by atoms with Crippen molar-refractivity contribution >= 4 is 49.4 Å². The van der Waals surface area contributed by atoms with Crippen LogP contribution >= 0.6 is 13.5 Å². The van der Waals surface area contributed by atoms with Crippen LogP contribution in [-0.4, -0.2) is 35.9 Å². The van der Waals surface area contributed by atoms with Crippen molar-refractivity contribution in [3.05, 3.63) is 0 Å². The van der Waals surface area contributed by atoms with Crippen LogP contribution in [0.15, 0.2) is 0 Å². The van der Waals surface area contributed by atoms with E-state index in [2.05, 4.69) is 0 Å². The van der Waals surface area contributed by atoms with Crippen molar-refractivity contribution in [2.75, 3.05) is 0 Å². The molecule has 0 N–H and O–H groups in total. The molecule has 0 saturated heterocycles. The summed E-state index contributed by atoms with van der Waals surface area (Å²) < 4.78 is 0. The summed E-state index contributed by atoms with van der Waals surface area (Å²) in [6.07, 6.45) is 0. The van der Waals surface area contributed by atoms with E-state index in [4.69, 9.17) is 0 Å². The molecule has 4 heavy (non-hydrogen) atoms. The van der Waals surface area contributed by atoms with E-state index >= 15 is 0 Å². The fraction of sp³-hybridized carbons (Fsp3) is 0. The Morgan fingerprint density at radius 2 is 0.750 bits per heavy atom. The zero-order chi connectivity index (χ0) is 0. The monoisotopic (exact) mass is 253 g/mol. The summed E-state index contributed by atoms with van der Waals surface area (Å²) in [5.74, 6) is 0. The van der Waals surface area contributed by atoms with Crippen molar-refractivity contribution in [2.24, 2.45) is 0 Å². The van der Waals surface area contributed by atoms with E-state index in [9.17, 15) is 0 Å². The normalized spacial score (nSPS) is 0. The summed E-state index contributed by atoms with van der Waals surface area (Å²) in [6.45, 7) is 0. The van der Waals surface area contributed by atoms with Gasteiger partial charge in [-0.2, -0.15) is 13.5 Å². The maximum Gasteiger partial charge on any atom is 0 e. The van der Waals surface area contributed by atoms with Crippen molar-refractivity contribution in [3.63, 3.8) is 0 Å². The molecular formula is H8As2CuS. The Morgan fingerprint density at radius 3 is 0.750 bits per heavy atom. The standard InChI is InChI=1S/2AsH3.Cu.H2S/h2*1H3;;1H2. The van der Waals surface area contributed by atoms with Crippen molar-refractivity contribution < 1.29 is 17.1 Å². The number of hydrogen-bond acceptors (Lipinski definition) is 0. The van der Waals surface area contributed by atoms with Gasteiger partial charge in [-0.1, -0.05) is 0 Å². The predicted octanol–water partition coefficient (Wildman–Crippen LogP) is -2.26. The van der Waals surface area contributed by atoms with Crippen LogP contribution in [0.2, 0.25) is 0 Å². The third-order valence-corrected chi connectivity index (χ3v) is 0. The topological polar surface area (TPSA) is 0 Å². The summed E-state index contributed by atoms with van der Waals surface area (Å²) in [7, 11) is 0. The molecule has 0 spiro atoms. The summed E-state index contributed by atoms with van der Waals surface area (Å²) in [5, 5.41) is 0. The van der Waals surface area contributed by atoms with E-state index in [0.29, 0.717) is 0 Å². The second kappa shape index (κ2) is 20.1. The molecular weight excluding hydrogens is 245 g/mol. The molecule has 2 atom stereocenters. The second-order valence-electron chi connectivity index (χ2n) is 0. The zero-order valence-electron chi connectivity index (χ0n) is 2.22. The predicted molar refractivity (Wildman–Crippen MR) is 30.3 cm³/mol. The van der Waals surface area contributed by atoms with E-state index in [1.165, 1.54) is 0 Å². The van der Waals surface area contributed by atoms with Crippen LogP contribution in [0, 0.1) is 0 Å². The van der Waals surface area contributed by atoms with E-state index in [0.717, 1.165) is 0 Å². The fourth-order valence-corrected chi connectivity index (χ4v) is 0. The van der Waals surface area contributed by atoms with Gasteiger partial charge in [0, 0.05) is 17.1 Å². The van der Waals surface area contributed by atoms with Gasteiger partial charge in [-0.3, -0.25) is 0 Å². The van der Waals surface area contributed by atoms with Crippen molar-refractivity contribution in [1.82, 2.24) is 0 Å². The van der Waals surface area contributed by atoms with Crippen molar-refractivity contribution in [1.29, 1.82) is 0 Å². The Balaban J connectivity index is 0. The van der Waals surface area contributed by atoms with E-state index in [-0.39, 0.29) is 66.5 Å². The van der Waals surface area contributed by atoms with E-state index in [1.807, 2.05) is 0 Å². The maximum absolute atomic E-state index is 0. The van der Waals surface area contributed by atoms with Crippen LogP contribution in [0.4, 0.5) is 0 Å². The first-order valence-electron chi connectivity index (χ1n) is 0. The molecule has 0 aliphatic rings. The first-order chi connectivity index (χ1) is 0. The van der Waals surface area contributed by atoms with Gasteiger partial charge < -0.3 is 0 Å². The Kier molecular flexibility index (Phi) is 189. The van der Waals surface area contributed by atoms with Crippen LogP contribution in [0.3, 0.4) is 0 Å². The maximum atomic E-state index is 0. The molecule has 0 nitrogen and oxygen atoms in total. The minimum absolute atomic E-state index is 0. The molecule has 0 aliphatic carbocycles. The largest absolute Gasteiger partial charge is 0 e. The molecule has 0 fully saturated rings. The third kappa shape index (κ3) is 9.01. The van der Waals surface area contributed by atoms with Gasteiger partial charge in [-0.05, 0) is 0 Å². The van der Waals surface area contributed by atoms with Crippen LogP contribution < -0.4 is 0 Å². The summed E-state index contributed by atoms with van der Waals surface area (Å²) in [4.78, 5) is 0. The Bertz CT molecular complexity index is 6.00. The van der Waals surface area contributed by atoms with Crippen molar-refractivity contribution in [2.45, 2.75) is 0 Å². The summed E-state index contributed by atoms with van der Waals surface area (Å²) >= 11 is 0. The summed E-state index contributed by atoms with van der Waals surface area (Å²) in [6, 6.07) is 0. The molecule has 0 rings (SSSR count).